The molecule has 29 heavy (non-hydrogen) atoms. The van der Waals surface area contributed by atoms with Crippen LogP contribution >= 0.6 is 0 Å². The summed E-state index contributed by atoms with van der Waals surface area (Å²) in [4.78, 5) is 21.5. The average Bonchev–Trinajstić information content (AvgIpc) is 2.97. The summed E-state index contributed by atoms with van der Waals surface area (Å²) < 4.78 is 11.8. The van der Waals surface area contributed by atoms with Gasteiger partial charge >= 0.3 is 0 Å². The summed E-state index contributed by atoms with van der Waals surface area (Å²) >= 11 is 0. The van der Waals surface area contributed by atoms with Gasteiger partial charge < -0.3 is 20.1 Å². The second-order valence-electron chi connectivity index (χ2n) is 8.43. The first kappa shape index (κ1) is 20.0. The van der Waals surface area contributed by atoms with E-state index in [4.69, 9.17) is 15.2 Å². The van der Waals surface area contributed by atoms with Gasteiger partial charge in [0.2, 0.25) is 0 Å². The molecule has 1 aromatic carbocycles. The zero-order chi connectivity index (χ0) is 20.3. The van der Waals surface area contributed by atoms with E-state index in [2.05, 4.69) is 16.0 Å². The van der Waals surface area contributed by atoms with E-state index in [0.717, 1.165) is 37.4 Å². The maximum absolute atomic E-state index is 13.1. The zero-order valence-corrected chi connectivity index (χ0v) is 17.3. The van der Waals surface area contributed by atoms with Crippen molar-refractivity contribution in [3.8, 4) is 5.75 Å². The number of carbonyl (C=O) groups excluding carboxylic acids is 1. The minimum atomic E-state index is -0.918. The van der Waals surface area contributed by atoms with Crippen molar-refractivity contribution in [2.75, 3.05) is 44.9 Å². The highest BCUT2D eigenvalue weighted by molar-refractivity contribution is 6.06. The van der Waals surface area contributed by atoms with Gasteiger partial charge in [-0.2, -0.15) is 0 Å². The lowest BCUT2D eigenvalue weighted by Crippen LogP contribution is -2.47. The molecule has 0 bridgehead atoms. The van der Waals surface area contributed by atoms with Crippen LogP contribution in [-0.2, 0) is 9.53 Å². The molecule has 2 N–H and O–H groups in total. The minimum absolute atomic E-state index is 0.0515. The van der Waals surface area contributed by atoms with Crippen LogP contribution in [0.15, 0.2) is 29.3 Å². The van der Waals surface area contributed by atoms with Crippen LogP contribution in [0.2, 0.25) is 0 Å². The third kappa shape index (κ3) is 4.20. The van der Waals surface area contributed by atoms with Crippen molar-refractivity contribution in [2.24, 2.45) is 16.6 Å². The number of hydrogen-bond donors (Lipinski definition) is 1. The van der Waals surface area contributed by atoms with Crippen molar-refractivity contribution in [3.63, 3.8) is 0 Å². The number of ether oxygens (including phenoxy) is 2. The Morgan fingerprint density at radius 1 is 1.21 bits per heavy atom. The van der Waals surface area contributed by atoms with Crippen LogP contribution in [0.3, 0.4) is 0 Å². The molecule has 2 aliphatic heterocycles. The summed E-state index contributed by atoms with van der Waals surface area (Å²) in [5.41, 5.74) is 6.17. The third-order valence-electron chi connectivity index (χ3n) is 6.41. The number of nitrogens with two attached hydrogens (primary N) is 1. The maximum Gasteiger partial charge on any atom is 0.260 e. The van der Waals surface area contributed by atoms with Crippen LogP contribution in [0.4, 0.5) is 5.69 Å². The summed E-state index contributed by atoms with van der Waals surface area (Å²) in [6.07, 6.45) is 6.75. The summed E-state index contributed by atoms with van der Waals surface area (Å²) in [7, 11) is 1.70. The van der Waals surface area contributed by atoms with Crippen molar-refractivity contribution < 1.29 is 14.3 Å². The number of likely N-dealkylation sites (N-methyl/N-ethyl adjacent to an activating group) is 1. The SMILES string of the molecule is CN1C(=O)[C@](COc2ccccc2N2CCOCC2)(CC2CCCCC2)N=C1N. The Labute approximate surface area is 172 Å². The fraction of sp³-hybridized carbons (Fsp3) is 0.636. The van der Waals surface area contributed by atoms with Gasteiger partial charge in [0.1, 0.15) is 12.4 Å². The first-order valence-corrected chi connectivity index (χ1v) is 10.8. The lowest BCUT2D eigenvalue weighted by Gasteiger charge is -2.33. The lowest BCUT2D eigenvalue weighted by molar-refractivity contribution is -0.132. The van der Waals surface area contributed by atoms with Gasteiger partial charge in [0.05, 0.1) is 18.9 Å². The highest BCUT2D eigenvalue weighted by Crippen LogP contribution is 2.37. The molecule has 0 radical (unpaired) electrons. The topological polar surface area (TPSA) is 80.4 Å². The van der Waals surface area contributed by atoms with Crippen molar-refractivity contribution in [2.45, 2.75) is 44.1 Å². The third-order valence-corrected chi connectivity index (χ3v) is 6.41. The number of aliphatic imine (C=N–C) groups is 1. The molecule has 2 fully saturated rings. The van der Waals surface area contributed by atoms with Crippen molar-refractivity contribution in [1.82, 2.24) is 4.90 Å². The number of amides is 1. The number of para-hydroxylation sites is 2. The molecular weight excluding hydrogens is 368 g/mol. The zero-order valence-electron chi connectivity index (χ0n) is 17.3. The molecule has 0 aromatic heterocycles. The summed E-state index contributed by atoms with van der Waals surface area (Å²) in [5, 5.41) is 0. The van der Waals surface area contributed by atoms with E-state index in [9.17, 15) is 4.79 Å². The molecule has 7 heteroatoms. The van der Waals surface area contributed by atoms with Crippen LogP contribution < -0.4 is 15.4 Å². The molecular formula is C22H32N4O3. The molecule has 1 atom stereocenters. The first-order chi connectivity index (χ1) is 14.1. The van der Waals surface area contributed by atoms with E-state index in [1.165, 1.54) is 24.2 Å². The Kier molecular flexibility index (Phi) is 5.94. The quantitative estimate of drug-likeness (QED) is 0.793. The van der Waals surface area contributed by atoms with Crippen LogP contribution in [0.5, 0.6) is 5.75 Å². The number of guanidine groups is 1. The number of hydrogen-bond acceptors (Lipinski definition) is 6. The number of rotatable bonds is 6. The molecule has 7 nitrogen and oxygen atoms in total. The molecule has 158 valence electrons. The fourth-order valence-corrected chi connectivity index (χ4v) is 4.75. The first-order valence-electron chi connectivity index (χ1n) is 10.8. The molecule has 1 saturated carbocycles. The van der Waals surface area contributed by atoms with Crippen molar-refractivity contribution >= 4 is 17.6 Å². The Morgan fingerprint density at radius 2 is 1.93 bits per heavy atom. The van der Waals surface area contributed by atoms with Crippen LogP contribution in [-0.4, -0.2) is 62.3 Å². The van der Waals surface area contributed by atoms with Gasteiger partial charge in [0, 0.05) is 20.1 Å². The number of nitrogens with zero attached hydrogens (tertiary/aromatic N) is 3. The average molecular weight is 401 g/mol. The number of carbonyl (C=O) groups is 1. The van der Waals surface area contributed by atoms with Gasteiger partial charge in [-0.25, -0.2) is 4.99 Å². The van der Waals surface area contributed by atoms with Gasteiger partial charge in [-0.15, -0.1) is 0 Å². The molecule has 1 saturated heterocycles. The molecule has 1 aromatic rings. The number of morpholine rings is 1. The molecule has 0 spiro atoms. The number of benzene rings is 1. The summed E-state index contributed by atoms with van der Waals surface area (Å²) in [6, 6.07) is 8.01. The summed E-state index contributed by atoms with van der Waals surface area (Å²) in [5.74, 6) is 1.52. The Bertz CT molecular complexity index is 756. The Hall–Kier alpha value is -2.28. The molecule has 0 unspecified atom stereocenters. The van der Waals surface area contributed by atoms with Gasteiger partial charge in [0.25, 0.3) is 5.91 Å². The van der Waals surface area contributed by atoms with E-state index < -0.39 is 5.54 Å². The van der Waals surface area contributed by atoms with Crippen LogP contribution in [0.25, 0.3) is 0 Å². The van der Waals surface area contributed by atoms with E-state index in [1.807, 2.05) is 18.2 Å². The van der Waals surface area contributed by atoms with Crippen molar-refractivity contribution in [1.29, 1.82) is 0 Å². The standard InChI is InChI=1S/C22H32N4O3/c1-25-20(27)22(24-21(25)23,15-17-7-3-2-4-8-17)16-29-19-10-6-5-9-18(19)26-11-13-28-14-12-26/h5-6,9-10,17H,2-4,7-8,11-16H2,1H3,(H2,23,24)/t22-/m1/s1. The highest BCUT2D eigenvalue weighted by atomic mass is 16.5. The molecule has 1 amide bonds. The van der Waals surface area contributed by atoms with Gasteiger partial charge in [-0.05, 0) is 24.5 Å². The van der Waals surface area contributed by atoms with E-state index in [1.54, 1.807) is 7.05 Å². The molecule has 3 aliphatic rings. The molecule has 4 rings (SSSR count). The van der Waals surface area contributed by atoms with E-state index >= 15 is 0 Å². The van der Waals surface area contributed by atoms with Gasteiger partial charge in [-0.3, -0.25) is 9.69 Å². The largest absolute Gasteiger partial charge is 0.488 e. The Morgan fingerprint density at radius 3 is 2.62 bits per heavy atom. The molecule has 2 heterocycles. The maximum atomic E-state index is 13.1. The van der Waals surface area contributed by atoms with E-state index in [-0.39, 0.29) is 18.5 Å². The second kappa shape index (κ2) is 8.61. The molecule has 1 aliphatic carbocycles. The highest BCUT2D eigenvalue weighted by Gasteiger charge is 2.48. The predicted octanol–water partition coefficient (Wildman–Crippen LogP) is 2.40. The van der Waals surface area contributed by atoms with Crippen LogP contribution in [0, 0.1) is 5.92 Å². The van der Waals surface area contributed by atoms with Gasteiger partial charge in [-0.1, -0.05) is 44.2 Å². The normalized spacial score (nSPS) is 26.0. The lowest BCUT2D eigenvalue weighted by atomic mass is 9.79. The smallest absolute Gasteiger partial charge is 0.260 e. The van der Waals surface area contributed by atoms with E-state index in [0.29, 0.717) is 25.6 Å². The summed E-state index contributed by atoms with van der Waals surface area (Å²) in [6.45, 7) is 3.31. The predicted molar refractivity (Wildman–Crippen MR) is 113 cm³/mol. The second-order valence-corrected chi connectivity index (χ2v) is 8.43. The van der Waals surface area contributed by atoms with Crippen LogP contribution in [0.1, 0.15) is 38.5 Å². The fourth-order valence-electron chi connectivity index (χ4n) is 4.75. The monoisotopic (exact) mass is 400 g/mol. The minimum Gasteiger partial charge on any atom is -0.488 e. The van der Waals surface area contributed by atoms with Crippen molar-refractivity contribution in [3.05, 3.63) is 24.3 Å². The number of anilines is 1. The van der Waals surface area contributed by atoms with Gasteiger partial charge in [0.15, 0.2) is 11.5 Å². The Balaban J connectivity index is 1.54.